The molecule has 27 heavy (non-hydrogen) atoms. The average molecular weight is 476 g/mol. The second kappa shape index (κ2) is 10.2. The summed E-state index contributed by atoms with van der Waals surface area (Å²) in [5, 5.41) is 13.9. The molecule has 0 aliphatic rings. The van der Waals surface area contributed by atoms with Crippen LogP contribution in [-0.2, 0) is 6.42 Å². The van der Waals surface area contributed by atoms with Crippen molar-refractivity contribution in [3.63, 3.8) is 0 Å². The predicted octanol–water partition coefficient (Wildman–Crippen LogP) is 5.15. The molecule has 0 heterocycles. The summed E-state index contributed by atoms with van der Waals surface area (Å²) in [5.41, 5.74) is 0.586. The number of benzene rings is 2. The highest BCUT2D eigenvalue weighted by Crippen LogP contribution is 2.24. The second-order valence-electron chi connectivity index (χ2n) is 7.20. The molecular formula is C20H25BrClFN2OS. The van der Waals surface area contributed by atoms with Crippen molar-refractivity contribution in [3.8, 4) is 0 Å². The molecule has 148 valence electrons. The molecule has 0 spiro atoms. The summed E-state index contributed by atoms with van der Waals surface area (Å²) in [5.74, 6) is -0.406. The lowest BCUT2D eigenvalue weighted by molar-refractivity contribution is 0.142. The van der Waals surface area contributed by atoms with Gasteiger partial charge in [0.15, 0.2) is 0 Å². The van der Waals surface area contributed by atoms with Gasteiger partial charge in [0.1, 0.15) is 5.82 Å². The maximum atomic E-state index is 13.6. The van der Waals surface area contributed by atoms with Crippen molar-refractivity contribution in [2.24, 2.45) is 0 Å². The van der Waals surface area contributed by atoms with Crippen LogP contribution in [0.3, 0.4) is 0 Å². The zero-order valence-electron chi connectivity index (χ0n) is 15.7. The fourth-order valence-corrected chi connectivity index (χ4v) is 4.31. The van der Waals surface area contributed by atoms with Crippen molar-refractivity contribution in [1.29, 1.82) is 0 Å². The van der Waals surface area contributed by atoms with Crippen LogP contribution in [0.1, 0.15) is 19.4 Å². The standard InChI is InChI=1S/C20H25BrClFN2OS/c1-20(2,11-14-7-8-18(22)19(23)9-14)24-12-16(26)13-25(3)27-17-6-4-5-15(21)10-17/h4-10,16,24,26H,11-13H2,1-3H3. The SMILES string of the molecule is CN(CC(O)CNC(C)(C)Cc1ccc(Cl)c(F)c1)Sc1cccc(Br)c1. The number of aliphatic hydroxyl groups excluding tert-OH is 1. The molecule has 0 amide bonds. The molecule has 3 nitrogen and oxygen atoms in total. The van der Waals surface area contributed by atoms with Crippen LogP contribution in [0.5, 0.6) is 0 Å². The first-order valence-electron chi connectivity index (χ1n) is 8.66. The van der Waals surface area contributed by atoms with Crippen LogP contribution < -0.4 is 5.32 Å². The Kier molecular flexibility index (Phi) is 8.59. The van der Waals surface area contributed by atoms with Crippen molar-refractivity contribution in [2.45, 2.75) is 36.8 Å². The van der Waals surface area contributed by atoms with Crippen molar-refractivity contribution < 1.29 is 9.50 Å². The van der Waals surface area contributed by atoms with E-state index in [1.54, 1.807) is 18.0 Å². The normalized spacial score (nSPS) is 13.2. The zero-order valence-corrected chi connectivity index (χ0v) is 18.8. The molecule has 0 bridgehead atoms. The number of likely N-dealkylation sites (N-methyl/N-ethyl adjacent to an activating group) is 1. The maximum Gasteiger partial charge on any atom is 0.142 e. The number of nitrogens with zero attached hydrogens (tertiary/aromatic N) is 1. The first-order chi connectivity index (χ1) is 12.6. The van der Waals surface area contributed by atoms with E-state index in [4.69, 9.17) is 11.6 Å². The van der Waals surface area contributed by atoms with Crippen molar-refractivity contribution in [3.05, 3.63) is 63.3 Å². The van der Waals surface area contributed by atoms with Crippen molar-refractivity contribution >= 4 is 39.5 Å². The molecule has 0 saturated carbocycles. The van der Waals surface area contributed by atoms with E-state index in [0.29, 0.717) is 19.5 Å². The third kappa shape index (κ3) is 8.10. The van der Waals surface area contributed by atoms with Crippen molar-refractivity contribution in [1.82, 2.24) is 9.62 Å². The summed E-state index contributed by atoms with van der Waals surface area (Å²) in [4.78, 5) is 1.11. The van der Waals surface area contributed by atoms with E-state index in [2.05, 4.69) is 21.2 Å². The average Bonchev–Trinajstić information content (AvgIpc) is 2.56. The summed E-state index contributed by atoms with van der Waals surface area (Å²) in [6.45, 7) is 5.04. The van der Waals surface area contributed by atoms with Crippen LogP contribution in [0.4, 0.5) is 4.39 Å². The van der Waals surface area contributed by atoms with Crippen LogP contribution in [0, 0.1) is 5.82 Å². The molecule has 2 aromatic carbocycles. The lowest BCUT2D eigenvalue weighted by atomic mass is 9.94. The Hall–Kier alpha value is -0.630. The van der Waals surface area contributed by atoms with Crippen molar-refractivity contribution in [2.75, 3.05) is 20.1 Å². The van der Waals surface area contributed by atoms with Gasteiger partial charge in [0.25, 0.3) is 0 Å². The summed E-state index contributed by atoms with van der Waals surface area (Å²) < 4.78 is 16.7. The minimum absolute atomic E-state index is 0.130. The van der Waals surface area contributed by atoms with Gasteiger partial charge in [-0.3, -0.25) is 0 Å². The monoisotopic (exact) mass is 474 g/mol. The molecule has 0 aliphatic carbocycles. The number of hydrogen-bond acceptors (Lipinski definition) is 4. The molecule has 1 atom stereocenters. The topological polar surface area (TPSA) is 35.5 Å². The maximum absolute atomic E-state index is 13.6. The number of halogens is 3. The smallest absolute Gasteiger partial charge is 0.142 e. The fraction of sp³-hybridized carbons (Fsp3) is 0.400. The number of aliphatic hydroxyl groups is 1. The summed E-state index contributed by atoms with van der Waals surface area (Å²) in [6.07, 6.45) is 0.118. The number of rotatable bonds is 9. The zero-order chi connectivity index (χ0) is 20.0. The molecule has 2 rings (SSSR count). The Bertz CT molecular complexity index is 763. The van der Waals surface area contributed by atoms with Gasteiger partial charge in [0.2, 0.25) is 0 Å². The molecule has 2 N–H and O–H groups in total. The minimum atomic E-state index is -0.518. The van der Waals surface area contributed by atoms with Gasteiger partial charge in [-0.25, -0.2) is 8.70 Å². The molecule has 7 heteroatoms. The van der Waals surface area contributed by atoms with Gasteiger partial charge < -0.3 is 10.4 Å². The highest BCUT2D eigenvalue weighted by molar-refractivity contribution is 9.10. The molecule has 2 aromatic rings. The van der Waals surface area contributed by atoms with Gasteiger partial charge in [-0.15, -0.1) is 0 Å². The van der Waals surface area contributed by atoms with E-state index < -0.39 is 11.9 Å². The second-order valence-corrected chi connectivity index (χ2v) is 9.80. The van der Waals surface area contributed by atoms with Gasteiger partial charge in [0.05, 0.1) is 11.1 Å². The van der Waals surface area contributed by atoms with Gasteiger partial charge >= 0.3 is 0 Å². The predicted molar refractivity (Wildman–Crippen MR) is 116 cm³/mol. The first-order valence-corrected chi connectivity index (χ1v) is 10.6. The number of hydrogen-bond donors (Lipinski definition) is 2. The van der Waals surface area contributed by atoms with Gasteiger partial charge in [-0.2, -0.15) is 0 Å². The Morgan fingerprint density at radius 1 is 1.30 bits per heavy atom. The van der Waals surface area contributed by atoms with E-state index >= 15 is 0 Å². The van der Waals surface area contributed by atoms with E-state index in [9.17, 15) is 9.50 Å². The molecular weight excluding hydrogens is 451 g/mol. The number of β-amino-alcohol motifs (C(OH)–C–C–N with tert-alkyl or cyclic N) is 1. The van der Waals surface area contributed by atoms with Crippen LogP contribution >= 0.6 is 39.5 Å². The molecule has 0 aliphatic heterocycles. The van der Waals surface area contributed by atoms with Gasteiger partial charge in [-0.1, -0.05) is 39.7 Å². The van der Waals surface area contributed by atoms with Gasteiger partial charge in [0, 0.05) is 28.0 Å². The number of nitrogens with one attached hydrogen (secondary N) is 1. The lowest BCUT2D eigenvalue weighted by Gasteiger charge is -2.29. The highest BCUT2D eigenvalue weighted by Gasteiger charge is 2.20. The van der Waals surface area contributed by atoms with Gasteiger partial charge in [-0.05, 0) is 75.2 Å². The molecule has 0 saturated heterocycles. The Labute approximate surface area is 178 Å². The summed E-state index contributed by atoms with van der Waals surface area (Å²) in [7, 11) is 1.95. The Balaban J connectivity index is 1.80. The molecule has 0 fully saturated rings. The largest absolute Gasteiger partial charge is 0.390 e. The van der Waals surface area contributed by atoms with E-state index in [1.807, 2.05) is 55.5 Å². The van der Waals surface area contributed by atoms with E-state index in [-0.39, 0.29) is 10.6 Å². The van der Waals surface area contributed by atoms with Crippen LogP contribution in [-0.4, -0.2) is 41.2 Å². The minimum Gasteiger partial charge on any atom is -0.390 e. The first kappa shape index (κ1) is 22.7. The third-order valence-electron chi connectivity index (χ3n) is 3.97. The quantitative estimate of drug-likeness (QED) is 0.492. The molecule has 0 radical (unpaired) electrons. The molecule has 0 aromatic heterocycles. The Morgan fingerprint density at radius 2 is 2.04 bits per heavy atom. The van der Waals surface area contributed by atoms with Crippen LogP contribution in [0.15, 0.2) is 51.8 Å². The third-order valence-corrected chi connectivity index (χ3v) is 5.70. The highest BCUT2D eigenvalue weighted by atomic mass is 79.9. The Morgan fingerprint density at radius 3 is 2.70 bits per heavy atom. The van der Waals surface area contributed by atoms with Crippen LogP contribution in [0.25, 0.3) is 0 Å². The summed E-state index contributed by atoms with van der Waals surface area (Å²) >= 11 is 10.8. The van der Waals surface area contributed by atoms with E-state index in [0.717, 1.165) is 14.9 Å². The molecule has 1 unspecified atom stereocenters. The summed E-state index contributed by atoms with van der Waals surface area (Å²) in [6, 6.07) is 12.9. The van der Waals surface area contributed by atoms with E-state index in [1.165, 1.54) is 6.07 Å². The fourth-order valence-electron chi connectivity index (χ4n) is 2.72. The lowest BCUT2D eigenvalue weighted by Crippen LogP contribution is -2.46. The van der Waals surface area contributed by atoms with Crippen LogP contribution in [0.2, 0.25) is 5.02 Å².